The molecule has 0 heterocycles. The normalized spacial score (nSPS) is 18.4. The van der Waals surface area contributed by atoms with Crippen LogP contribution in [0.2, 0.25) is 0 Å². The molecule has 0 aromatic heterocycles. The van der Waals surface area contributed by atoms with Gasteiger partial charge in [-0.1, -0.05) is 19.9 Å². The van der Waals surface area contributed by atoms with Crippen molar-refractivity contribution in [2.75, 3.05) is 0 Å². The predicted octanol–water partition coefficient (Wildman–Crippen LogP) is 5.61. The molecule has 0 bridgehead atoms. The first-order valence-corrected chi connectivity index (χ1v) is 6.89. The summed E-state index contributed by atoms with van der Waals surface area (Å²) in [6.07, 6.45) is 0.708. The lowest BCUT2D eigenvalue weighted by Gasteiger charge is -2.26. The summed E-state index contributed by atoms with van der Waals surface area (Å²) in [5.41, 5.74) is -0.380. The maximum absolute atomic E-state index is 13.8. The van der Waals surface area contributed by atoms with Crippen LogP contribution in [0.15, 0.2) is 18.2 Å². The second-order valence-corrected chi connectivity index (χ2v) is 6.36. The standard InChI is InChI=1S/C16H20F4/c1-10(2)11-7-12(14(3,17)18)9-13(8-11)16(5-6-16)15(4,19)20/h7-10H,5-6H2,1-4H3. The van der Waals surface area contributed by atoms with Gasteiger partial charge in [0.15, 0.2) is 0 Å². The zero-order valence-electron chi connectivity index (χ0n) is 12.2. The number of hydrogen-bond donors (Lipinski definition) is 0. The predicted molar refractivity (Wildman–Crippen MR) is 71.6 cm³/mol. The number of hydrogen-bond acceptors (Lipinski definition) is 0. The zero-order chi connectivity index (χ0) is 15.3. The Kier molecular flexibility index (Phi) is 3.43. The third-order valence-corrected chi connectivity index (χ3v) is 4.27. The molecule has 0 unspecified atom stereocenters. The maximum Gasteiger partial charge on any atom is 0.270 e. The summed E-state index contributed by atoms with van der Waals surface area (Å²) in [6.45, 7) is 5.44. The van der Waals surface area contributed by atoms with Gasteiger partial charge in [0.1, 0.15) is 0 Å². The van der Waals surface area contributed by atoms with Crippen LogP contribution in [-0.2, 0) is 11.3 Å². The smallest absolute Gasteiger partial charge is 0.206 e. The van der Waals surface area contributed by atoms with Crippen molar-refractivity contribution in [2.24, 2.45) is 0 Å². The first kappa shape index (κ1) is 15.3. The van der Waals surface area contributed by atoms with Crippen LogP contribution in [0, 0.1) is 0 Å². The molecule has 0 nitrogen and oxygen atoms in total. The molecule has 0 saturated heterocycles. The molecule has 0 aliphatic heterocycles. The molecule has 0 spiro atoms. The van der Waals surface area contributed by atoms with Crippen LogP contribution in [0.25, 0.3) is 0 Å². The Morgan fingerprint density at radius 1 is 1.00 bits per heavy atom. The van der Waals surface area contributed by atoms with Crippen molar-refractivity contribution >= 4 is 0 Å². The molecule has 4 heteroatoms. The fourth-order valence-electron chi connectivity index (χ4n) is 2.62. The van der Waals surface area contributed by atoms with E-state index in [1.807, 2.05) is 13.8 Å². The molecule has 0 N–H and O–H groups in total. The van der Waals surface area contributed by atoms with Gasteiger partial charge in [0.2, 0.25) is 0 Å². The van der Waals surface area contributed by atoms with E-state index in [1.54, 1.807) is 6.07 Å². The number of benzene rings is 1. The van der Waals surface area contributed by atoms with Crippen LogP contribution in [0.5, 0.6) is 0 Å². The molecule has 1 aromatic rings. The van der Waals surface area contributed by atoms with Crippen LogP contribution in [0.1, 0.15) is 63.1 Å². The molecule has 112 valence electrons. The molecule has 20 heavy (non-hydrogen) atoms. The average Bonchev–Trinajstić information content (AvgIpc) is 3.07. The van der Waals surface area contributed by atoms with E-state index in [-0.39, 0.29) is 11.5 Å². The molecule has 1 saturated carbocycles. The number of alkyl halides is 4. The quantitative estimate of drug-likeness (QED) is 0.632. The highest BCUT2D eigenvalue weighted by Gasteiger charge is 2.60. The summed E-state index contributed by atoms with van der Waals surface area (Å²) in [6, 6.07) is 4.36. The van der Waals surface area contributed by atoms with Gasteiger partial charge in [0, 0.05) is 19.4 Å². The van der Waals surface area contributed by atoms with Crippen LogP contribution < -0.4 is 0 Å². The van der Waals surface area contributed by atoms with Gasteiger partial charge in [-0.25, -0.2) is 17.6 Å². The van der Waals surface area contributed by atoms with Crippen LogP contribution in [0.4, 0.5) is 17.6 Å². The lowest BCUT2D eigenvalue weighted by atomic mass is 9.85. The minimum atomic E-state index is -3.02. The maximum atomic E-state index is 13.8. The third kappa shape index (κ3) is 2.57. The fraction of sp³-hybridized carbons (Fsp3) is 0.625. The van der Waals surface area contributed by atoms with Gasteiger partial charge < -0.3 is 0 Å². The first-order valence-electron chi connectivity index (χ1n) is 6.89. The summed E-state index contributed by atoms with van der Waals surface area (Å²) in [5.74, 6) is -5.88. The van der Waals surface area contributed by atoms with E-state index >= 15 is 0 Å². The molecule has 1 fully saturated rings. The monoisotopic (exact) mass is 288 g/mol. The lowest BCUT2D eigenvalue weighted by molar-refractivity contribution is -0.0206. The van der Waals surface area contributed by atoms with Gasteiger partial charge in [0.05, 0.1) is 5.41 Å². The van der Waals surface area contributed by atoms with E-state index in [9.17, 15) is 17.6 Å². The van der Waals surface area contributed by atoms with Gasteiger partial charge in [-0.3, -0.25) is 0 Å². The highest BCUT2D eigenvalue weighted by molar-refractivity contribution is 5.42. The number of halogens is 4. The van der Waals surface area contributed by atoms with Crippen molar-refractivity contribution in [1.82, 2.24) is 0 Å². The van der Waals surface area contributed by atoms with Crippen molar-refractivity contribution in [3.63, 3.8) is 0 Å². The highest BCUT2D eigenvalue weighted by Crippen LogP contribution is 2.58. The zero-order valence-corrected chi connectivity index (χ0v) is 12.2. The molecular formula is C16H20F4. The molecule has 0 radical (unpaired) electrons. The highest BCUT2D eigenvalue weighted by atomic mass is 19.3. The van der Waals surface area contributed by atoms with E-state index in [2.05, 4.69) is 0 Å². The lowest BCUT2D eigenvalue weighted by Crippen LogP contribution is -2.30. The third-order valence-electron chi connectivity index (χ3n) is 4.27. The topological polar surface area (TPSA) is 0 Å². The molecule has 1 aliphatic carbocycles. The molecular weight excluding hydrogens is 268 g/mol. The van der Waals surface area contributed by atoms with Crippen LogP contribution in [-0.4, -0.2) is 5.92 Å². The van der Waals surface area contributed by atoms with Gasteiger partial charge in [-0.2, -0.15) is 0 Å². The average molecular weight is 288 g/mol. The van der Waals surface area contributed by atoms with E-state index in [4.69, 9.17) is 0 Å². The summed E-state index contributed by atoms with van der Waals surface area (Å²) in [4.78, 5) is 0. The Balaban J connectivity index is 2.57. The molecule has 1 aliphatic rings. The Bertz CT molecular complexity index is 502. The van der Waals surface area contributed by atoms with E-state index < -0.39 is 17.3 Å². The molecule has 0 atom stereocenters. The second kappa shape index (κ2) is 4.47. The van der Waals surface area contributed by atoms with Gasteiger partial charge in [-0.15, -0.1) is 0 Å². The van der Waals surface area contributed by atoms with Crippen molar-refractivity contribution in [2.45, 2.75) is 63.7 Å². The summed E-state index contributed by atoms with van der Waals surface area (Å²) >= 11 is 0. The van der Waals surface area contributed by atoms with E-state index in [0.717, 1.165) is 13.8 Å². The minimum absolute atomic E-state index is 0.0253. The summed E-state index contributed by atoms with van der Waals surface area (Å²) in [5, 5.41) is 0. The second-order valence-electron chi connectivity index (χ2n) is 6.36. The SMILES string of the molecule is CC(C)c1cc(C(C)(F)F)cc(C2(C(C)(F)F)CC2)c1. The van der Waals surface area contributed by atoms with Crippen molar-refractivity contribution in [1.29, 1.82) is 0 Å². The van der Waals surface area contributed by atoms with Gasteiger partial charge >= 0.3 is 0 Å². The molecule has 2 rings (SSSR count). The Morgan fingerprint density at radius 3 is 1.90 bits per heavy atom. The summed E-state index contributed by atoms with van der Waals surface area (Å²) in [7, 11) is 0. The molecule has 0 amide bonds. The van der Waals surface area contributed by atoms with E-state index in [0.29, 0.717) is 24.0 Å². The van der Waals surface area contributed by atoms with E-state index in [1.165, 1.54) is 12.1 Å². The fourth-order valence-corrected chi connectivity index (χ4v) is 2.62. The van der Waals surface area contributed by atoms with Crippen LogP contribution >= 0.6 is 0 Å². The van der Waals surface area contributed by atoms with Crippen LogP contribution in [0.3, 0.4) is 0 Å². The number of rotatable bonds is 4. The summed E-state index contributed by atoms with van der Waals surface area (Å²) < 4.78 is 54.8. The minimum Gasteiger partial charge on any atom is -0.206 e. The Labute approximate surface area is 117 Å². The van der Waals surface area contributed by atoms with Crippen molar-refractivity contribution in [3.05, 3.63) is 34.9 Å². The van der Waals surface area contributed by atoms with Gasteiger partial charge in [0.25, 0.3) is 11.8 Å². The largest absolute Gasteiger partial charge is 0.270 e. The first-order chi connectivity index (χ1) is 8.97. The van der Waals surface area contributed by atoms with Crippen molar-refractivity contribution < 1.29 is 17.6 Å². The Hall–Kier alpha value is -1.06. The molecule has 1 aromatic carbocycles. The van der Waals surface area contributed by atoms with Crippen molar-refractivity contribution in [3.8, 4) is 0 Å². The van der Waals surface area contributed by atoms with Gasteiger partial charge in [-0.05, 0) is 42.0 Å². The Morgan fingerprint density at radius 2 is 1.55 bits per heavy atom.